The lowest BCUT2D eigenvalue weighted by Crippen LogP contribution is -2.26. The van der Waals surface area contributed by atoms with Crippen molar-refractivity contribution in [2.24, 2.45) is 0 Å². The fraction of sp³-hybridized carbons (Fsp3) is 1.00. The predicted octanol–water partition coefficient (Wildman–Crippen LogP) is -0.432. The molecule has 0 aliphatic carbocycles. The van der Waals surface area contributed by atoms with Crippen molar-refractivity contribution in [1.82, 2.24) is 0 Å². The molecule has 0 aromatic carbocycles. The summed E-state index contributed by atoms with van der Waals surface area (Å²) >= 11 is 2.01. The minimum absolute atomic E-state index is 0.106. The molecule has 0 spiro atoms. The minimum Gasteiger partial charge on any atom is -0.390 e. The van der Waals surface area contributed by atoms with Gasteiger partial charge in [-0.05, 0) is 0 Å². The number of hydrogen-bond acceptors (Lipinski definition) is 6. The van der Waals surface area contributed by atoms with Crippen LogP contribution in [0, 0.1) is 0 Å². The summed E-state index contributed by atoms with van der Waals surface area (Å²) in [4.78, 5) is 25.5. The molecule has 8 heteroatoms. The van der Waals surface area contributed by atoms with Crippen LogP contribution in [0.1, 0.15) is 6.42 Å². The summed E-state index contributed by atoms with van der Waals surface area (Å²) in [5.41, 5.74) is 0. The Balaban J connectivity index is 2.30. The summed E-state index contributed by atoms with van der Waals surface area (Å²) in [6, 6.07) is 0. The van der Waals surface area contributed by atoms with Gasteiger partial charge in [0.2, 0.25) is 0 Å². The van der Waals surface area contributed by atoms with E-state index >= 15 is 0 Å². The van der Waals surface area contributed by atoms with Gasteiger partial charge in [-0.2, -0.15) is 19.2 Å². The van der Waals surface area contributed by atoms with Gasteiger partial charge in [0.15, 0.2) is 0 Å². The molecule has 1 heterocycles. The third-order valence-electron chi connectivity index (χ3n) is 1.59. The first-order chi connectivity index (χ1) is 5.88. The standard InChI is InChI=1S/C5H11IO6P/c6-5-1-3(7)4(12-5)2-11-13(8,9)10/h3-5,7-10H,1-2H2/q+1/t3?,4?,5-/m1/s1. The number of aliphatic hydroxyl groups excluding tert-OH is 1. The number of ether oxygens (including phenoxy) is 1. The van der Waals surface area contributed by atoms with Crippen LogP contribution in [-0.4, -0.2) is 42.7 Å². The molecule has 1 fully saturated rings. The Hall–Kier alpha value is 0.920. The predicted molar refractivity (Wildman–Crippen MR) is 52.8 cm³/mol. The molecule has 3 atom stereocenters. The van der Waals surface area contributed by atoms with Gasteiger partial charge in [0, 0.05) is 6.42 Å². The molecule has 1 rings (SSSR count). The lowest BCUT2D eigenvalue weighted by Gasteiger charge is -2.12. The van der Waals surface area contributed by atoms with Crippen LogP contribution in [0.25, 0.3) is 0 Å². The second kappa shape index (κ2) is 4.63. The van der Waals surface area contributed by atoms with Crippen molar-refractivity contribution in [2.45, 2.75) is 22.7 Å². The largest absolute Gasteiger partial charge is 0.567 e. The average molecular weight is 325 g/mol. The van der Waals surface area contributed by atoms with Crippen molar-refractivity contribution in [2.75, 3.05) is 6.61 Å². The summed E-state index contributed by atoms with van der Waals surface area (Å²) in [6.45, 7) is -0.224. The van der Waals surface area contributed by atoms with Crippen molar-refractivity contribution in [3.63, 3.8) is 0 Å². The summed E-state index contributed by atoms with van der Waals surface area (Å²) in [7, 11) is -4.21. The zero-order valence-corrected chi connectivity index (χ0v) is 9.63. The Morgan fingerprint density at radius 3 is 2.46 bits per heavy atom. The lowest BCUT2D eigenvalue weighted by molar-refractivity contribution is -0.00435. The quantitative estimate of drug-likeness (QED) is 0.319. The van der Waals surface area contributed by atoms with Crippen molar-refractivity contribution >= 4 is 30.8 Å². The van der Waals surface area contributed by atoms with Gasteiger partial charge in [0.1, 0.15) is 16.8 Å². The molecule has 2 unspecified atom stereocenters. The Morgan fingerprint density at radius 2 is 2.08 bits per heavy atom. The molecule has 6 nitrogen and oxygen atoms in total. The highest BCUT2D eigenvalue weighted by molar-refractivity contribution is 14.1. The molecule has 0 aromatic heterocycles. The summed E-state index contributed by atoms with van der Waals surface area (Å²) in [5, 5.41) is 9.31. The molecule has 1 aliphatic rings. The van der Waals surface area contributed by atoms with E-state index in [1.165, 1.54) is 0 Å². The van der Waals surface area contributed by atoms with Crippen LogP contribution >= 0.6 is 30.8 Å². The van der Waals surface area contributed by atoms with Crippen LogP contribution in [0.2, 0.25) is 0 Å². The summed E-state index contributed by atoms with van der Waals surface area (Å²) in [5.74, 6) is 0. The van der Waals surface area contributed by atoms with Gasteiger partial charge in [-0.1, -0.05) is 22.6 Å². The zero-order valence-electron chi connectivity index (χ0n) is 6.58. The van der Waals surface area contributed by atoms with E-state index in [-0.39, 0.29) is 10.7 Å². The molecule has 13 heavy (non-hydrogen) atoms. The van der Waals surface area contributed by atoms with Gasteiger partial charge in [-0.25, -0.2) is 0 Å². The molecular weight excluding hydrogens is 314 g/mol. The van der Waals surface area contributed by atoms with Crippen molar-refractivity contribution < 1.29 is 29.0 Å². The highest BCUT2D eigenvalue weighted by Gasteiger charge is 2.39. The maximum atomic E-state index is 9.31. The molecule has 1 aliphatic heterocycles. The number of hydrogen-bond donors (Lipinski definition) is 4. The first-order valence-electron chi connectivity index (χ1n) is 3.58. The molecule has 0 radical (unpaired) electrons. The fourth-order valence-electron chi connectivity index (χ4n) is 1.00. The third kappa shape index (κ3) is 4.30. The van der Waals surface area contributed by atoms with E-state index in [2.05, 4.69) is 4.52 Å². The van der Waals surface area contributed by atoms with Crippen LogP contribution in [-0.2, 0) is 9.26 Å². The monoisotopic (exact) mass is 325 g/mol. The third-order valence-corrected chi connectivity index (χ3v) is 2.89. The summed E-state index contributed by atoms with van der Waals surface area (Å²) < 4.78 is 9.38. The van der Waals surface area contributed by atoms with E-state index in [1.54, 1.807) is 0 Å². The molecule has 0 bridgehead atoms. The lowest BCUT2D eigenvalue weighted by atomic mass is 10.2. The molecule has 0 aromatic rings. The van der Waals surface area contributed by atoms with Crippen LogP contribution in [0.15, 0.2) is 0 Å². The van der Waals surface area contributed by atoms with Crippen molar-refractivity contribution in [3.05, 3.63) is 0 Å². The molecule has 0 amide bonds. The highest BCUT2D eigenvalue weighted by atomic mass is 127. The van der Waals surface area contributed by atoms with E-state index < -0.39 is 20.4 Å². The Labute approximate surface area is 89.3 Å². The molecule has 1 saturated heterocycles. The van der Waals surface area contributed by atoms with Gasteiger partial charge in [0.05, 0.1) is 6.10 Å². The number of halogens is 1. The number of alkyl halides is 1. The average Bonchev–Trinajstić information content (AvgIpc) is 2.24. The zero-order chi connectivity index (χ0) is 10.1. The van der Waals surface area contributed by atoms with E-state index in [4.69, 9.17) is 19.4 Å². The Kier molecular flexibility index (Phi) is 4.27. The number of rotatable bonds is 3. The van der Waals surface area contributed by atoms with E-state index in [0.717, 1.165) is 0 Å². The molecule has 78 valence electrons. The van der Waals surface area contributed by atoms with Gasteiger partial charge in [-0.3, -0.25) is 0 Å². The van der Waals surface area contributed by atoms with Crippen molar-refractivity contribution in [3.8, 4) is 0 Å². The highest BCUT2D eigenvalue weighted by Crippen LogP contribution is 2.46. The van der Waals surface area contributed by atoms with Gasteiger partial charge in [-0.15, -0.1) is 0 Å². The van der Waals surface area contributed by atoms with E-state index in [9.17, 15) is 5.11 Å². The van der Waals surface area contributed by atoms with E-state index in [0.29, 0.717) is 6.42 Å². The van der Waals surface area contributed by atoms with Crippen LogP contribution in [0.3, 0.4) is 0 Å². The van der Waals surface area contributed by atoms with Gasteiger partial charge in [0.25, 0.3) is 0 Å². The van der Waals surface area contributed by atoms with Gasteiger partial charge < -0.3 is 9.84 Å². The van der Waals surface area contributed by atoms with Gasteiger partial charge >= 0.3 is 8.17 Å². The molecule has 4 N–H and O–H groups in total. The van der Waals surface area contributed by atoms with Crippen molar-refractivity contribution in [1.29, 1.82) is 0 Å². The fourth-order valence-corrected chi connectivity index (χ4v) is 2.25. The molecule has 0 saturated carbocycles. The SMILES string of the molecule is OC1C[C@H](I)OC1CO[P+](O)(O)O. The minimum atomic E-state index is -4.21. The van der Waals surface area contributed by atoms with Crippen LogP contribution < -0.4 is 0 Å². The smallest absolute Gasteiger partial charge is 0.390 e. The first-order valence-corrected chi connectivity index (χ1v) is 6.39. The Morgan fingerprint density at radius 1 is 1.46 bits per heavy atom. The second-order valence-electron chi connectivity index (χ2n) is 2.70. The molecular formula is C5H11IO6P+. The maximum Gasteiger partial charge on any atom is 0.567 e. The second-order valence-corrected chi connectivity index (χ2v) is 5.37. The number of aliphatic hydroxyl groups is 1. The van der Waals surface area contributed by atoms with Crippen LogP contribution in [0.5, 0.6) is 0 Å². The summed E-state index contributed by atoms with van der Waals surface area (Å²) in [6.07, 6.45) is -0.816. The Bertz CT molecular complexity index is 173. The first kappa shape index (κ1) is 12.0. The topological polar surface area (TPSA) is 99.4 Å². The maximum absolute atomic E-state index is 9.31. The van der Waals surface area contributed by atoms with Crippen LogP contribution in [0.4, 0.5) is 0 Å². The van der Waals surface area contributed by atoms with E-state index in [1.807, 2.05) is 22.6 Å². The normalized spacial score (nSPS) is 35.3.